The highest BCUT2D eigenvalue weighted by molar-refractivity contribution is 5.45. The van der Waals surface area contributed by atoms with Gasteiger partial charge in [0.15, 0.2) is 0 Å². The number of ether oxygens (including phenoxy) is 1. The van der Waals surface area contributed by atoms with Gasteiger partial charge in [-0.2, -0.15) is 0 Å². The van der Waals surface area contributed by atoms with Gasteiger partial charge in [-0.05, 0) is 43.4 Å². The van der Waals surface area contributed by atoms with Crippen molar-refractivity contribution in [3.63, 3.8) is 0 Å². The highest BCUT2D eigenvalue weighted by Crippen LogP contribution is 2.09. The Labute approximate surface area is 117 Å². The van der Waals surface area contributed by atoms with E-state index in [1.54, 1.807) is 0 Å². The minimum absolute atomic E-state index is 0.400. The molecule has 0 saturated heterocycles. The van der Waals surface area contributed by atoms with Gasteiger partial charge < -0.3 is 15.2 Å². The number of anilines is 1. The first-order valence-corrected chi connectivity index (χ1v) is 7.14. The zero-order chi connectivity index (χ0) is 14.1. The molecular weight excluding hydrogens is 238 g/mol. The Morgan fingerprint density at radius 1 is 1.32 bits per heavy atom. The molecule has 2 N–H and O–H groups in total. The molecule has 3 heteroatoms. The normalized spacial score (nSPS) is 12.7. The van der Waals surface area contributed by atoms with Crippen molar-refractivity contribution in [1.29, 1.82) is 0 Å². The van der Waals surface area contributed by atoms with Crippen LogP contribution in [0.2, 0.25) is 0 Å². The fourth-order valence-corrected chi connectivity index (χ4v) is 1.86. The molecule has 0 amide bonds. The lowest BCUT2D eigenvalue weighted by molar-refractivity contribution is 0.0409. The van der Waals surface area contributed by atoms with Gasteiger partial charge in [0.1, 0.15) is 0 Å². The van der Waals surface area contributed by atoms with Crippen LogP contribution in [-0.4, -0.2) is 31.0 Å². The molecule has 1 aromatic carbocycles. The molecule has 0 heterocycles. The van der Waals surface area contributed by atoms with Gasteiger partial charge in [-0.15, -0.1) is 0 Å². The number of aliphatic hydroxyl groups excluding tert-OH is 1. The third kappa shape index (κ3) is 7.85. The summed E-state index contributed by atoms with van der Waals surface area (Å²) in [6.45, 7) is 8.13. The Bertz CT molecular complexity index is 352. The van der Waals surface area contributed by atoms with Gasteiger partial charge in [-0.1, -0.05) is 26.0 Å². The van der Waals surface area contributed by atoms with Gasteiger partial charge >= 0.3 is 0 Å². The van der Waals surface area contributed by atoms with Crippen molar-refractivity contribution in [3.05, 3.63) is 29.8 Å². The van der Waals surface area contributed by atoms with E-state index in [0.717, 1.165) is 24.6 Å². The number of nitrogens with one attached hydrogen (secondary N) is 1. The second-order valence-electron chi connectivity index (χ2n) is 5.52. The van der Waals surface area contributed by atoms with Crippen LogP contribution in [0.5, 0.6) is 0 Å². The van der Waals surface area contributed by atoms with E-state index in [0.29, 0.717) is 13.2 Å². The summed E-state index contributed by atoms with van der Waals surface area (Å²) in [5.74, 6) is 0.719. The number of hydrogen-bond donors (Lipinski definition) is 2. The first-order chi connectivity index (χ1) is 9.08. The largest absolute Gasteiger partial charge is 0.389 e. The quantitative estimate of drug-likeness (QED) is 0.674. The van der Waals surface area contributed by atoms with Crippen LogP contribution in [0.25, 0.3) is 0 Å². The van der Waals surface area contributed by atoms with E-state index in [2.05, 4.69) is 38.2 Å². The standard InChI is InChI=1S/C16H27NO2/c1-13(2)6-5-9-19-12-16(18)11-17-15-8-4-7-14(3)10-15/h4,7-8,10,13,16-18H,5-6,9,11-12H2,1-3H3. The number of rotatable bonds is 9. The zero-order valence-electron chi connectivity index (χ0n) is 12.4. The molecule has 0 aliphatic carbocycles. The Kier molecular flexibility index (Phi) is 7.53. The van der Waals surface area contributed by atoms with E-state index in [9.17, 15) is 5.11 Å². The predicted molar refractivity (Wildman–Crippen MR) is 80.6 cm³/mol. The average Bonchev–Trinajstić information content (AvgIpc) is 2.35. The highest BCUT2D eigenvalue weighted by atomic mass is 16.5. The van der Waals surface area contributed by atoms with Crippen molar-refractivity contribution in [3.8, 4) is 0 Å². The molecule has 0 fully saturated rings. The Balaban J connectivity index is 2.09. The van der Waals surface area contributed by atoms with Crippen molar-refractivity contribution in [2.24, 2.45) is 5.92 Å². The molecular formula is C16H27NO2. The van der Waals surface area contributed by atoms with Crippen LogP contribution in [0.4, 0.5) is 5.69 Å². The van der Waals surface area contributed by atoms with Crippen LogP contribution in [-0.2, 0) is 4.74 Å². The molecule has 1 rings (SSSR count). The van der Waals surface area contributed by atoms with E-state index < -0.39 is 6.10 Å². The van der Waals surface area contributed by atoms with Crippen molar-refractivity contribution in [2.75, 3.05) is 25.1 Å². The van der Waals surface area contributed by atoms with Gasteiger partial charge in [0.05, 0.1) is 12.7 Å². The molecule has 3 nitrogen and oxygen atoms in total. The van der Waals surface area contributed by atoms with Crippen molar-refractivity contribution < 1.29 is 9.84 Å². The van der Waals surface area contributed by atoms with Gasteiger partial charge in [-0.3, -0.25) is 0 Å². The molecule has 0 radical (unpaired) electrons. The zero-order valence-corrected chi connectivity index (χ0v) is 12.4. The lowest BCUT2D eigenvalue weighted by Gasteiger charge is -2.14. The molecule has 1 unspecified atom stereocenters. The number of hydrogen-bond acceptors (Lipinski definition) is 3. The van der Waals surface area contributed by atoms with Crippen LogP contribution in [0.3, 0.4) is 0 Å². The molecule has 0 aromatic heterocycles. The third-order valence-electron chi connectivity index (χ3n) is 2.94. The summed E-state index contributed by atoms with van der Waals surface area (Å²) in [7, 11) is 0. The SMILES string of the molecule is Cc1cccc(NCC(O)COCCCC(C)C)c1. The monoisotopic (exact) mass is 265 g/mol. The van der Waals surface area contributed by atoms with E-state index in [4.69, 9.17) is 4.74 Å². The van der Waals surface area contributed by atoms with Crippen LogP contribution in [0.1, 0.15) is 32.3 Å². The van der Waals surface area contributed by atoms with Crippen LogP contribution >= 0.6 is 0 Å². The number of aliphatic hydroxyl groups is 1. The maximum Gasteiger partial charge on any atom is 0.0945 e. The predicted octanol–water partition coefficient (Wildman–Crippen LogP) is 3.22. The van der Waals surface area contributed by atoms with Crippen molar-refractivity contribution in [2.45, 2.75) is 39.7 Å². The number of benzene rings is 1. The molecule has 19 heavy (non-hydrogen) atoms. The summed E-state index contributed by atoms with van der Waals surface area (Å²) >= 11 is 0. The molecule has 0 saturated carbocycles. The summed E-state index contributed by atoms with van der Waals surface area (Å²) in [6, 6.07) is 8.13. The first-order valence-electron chi connectivity index (χ1n) is 7.14. The van der Waals surface area contributed by atoms with Gasteiger partial charge in [-0.25, -0.2) is 0 Å². The minimum Gasteiger partial charge on any atom is -0.389 e. The molecule has 108 valence electrons. The van der Waals surface area contributed by atoms with Crippen LogP contribution in [0.15, 0.2) is 24.3 Å². The molecule has 0 aliphatic rings. The van der Waals surface area contributed by atoms with Gasteiger partial charge in [0, 0.05) is 18.8 Å². The third-order valence-corrected chi connectivity index (χ3v) is 2.94. The van der Waals surface area contributed by atoms with Crippen LogP contribution in [0, 0.1) is 12.8 Å². The summed E-state index contributed by atoms with van der Waals surface area (Å²) < 4.78 is 5.47. The minimum atomic E-state index is -0.459. The molecule has 0 spiro atoms. The number of aryl methyl sites for hydroxylation is 1. The summed E-state index contributed by atoms with van der Waals surface area (Å²) in [5.41, 5.74) is 2.25. The molecule has 1 aromatic rings. The maximum absolute atomic E-state index is 9.80. The maximum atomic E-state index is 9.80. The summed E-state index contributed by atoms with van der Waals surface area (Å²) in [5, 5.41) is 13.0. The fourth-order valence-electron chi connectivity index (χ4n) is 1.86. The Hall–Kier alpha value is -1.06. The van der Waals surface area contributed by atoms with E-state index in [-0.39, 0.29) is 0 Å². The molecule has 1 atom stereocenters. The average molecular weight is 265 g/mol. The van der Waals surface area contributed by atoms with E-state index >= 15 is 0 Å². The van der Waals surface area contributed by atoms with E-state index in [1.165, 1.54) is 12.0 Å². The van der Waals surface area contributed by atoms with Crippen LogP contribution < -0.4 is 5.32 Å². The molecule has 0 bridgehead atoms. The second-order valence-corrected chi connectivity index (χ2v) is 5.52. The topological polar surface area (TPSA) is 41.5 Å². The highest BCUT2D eigenvalue weighted by Gasteiger charge is 2.04. The smallest absolute Gasteiger partial charge is 0.0945 e. The summed E-state index contributed by atoms with van der Waals surface area (Å²) in [6.07, 6.45) is 1.78. The Morgan fingerprint density at radius 2 is 2.11 bits per heavy atom. The van der Waals surface area contributed by atoms with Gasteiger partial charge in [0.2, 0.25) is 0 Å². The summed E-state index contributed by atoms with van der Waals surface area (Å²) in [4.78, 5) is 0. The second kappa shape index (κ2) is 8.94. The van der Waals surface area contributed by atoms with Crippen molar-refractivity contribution >= 4 is 5.69 Å². The lowest BCUT2D eigenvalue weighted by Crippen LogP contribution is -2.25. The Morgan fingerprint density at radius 3 is 2.79 bits per heavy atom. The molecule has 0 aliphatic heterocycles. The van der Waals surface area contributed by atoms with Gasteiger partial charge in [0.25, 0.3) is 0 Å². The fraction of sp³-hybridized carbons (Fsp3) is 0.625. The lowest BCUT2D eigenvalue weighted by atomic mass is 10.1. The van der Waals surface area contributed by atoms with E-state index in [1.807, 2.05) is 12.1 Å². The first kappa shape index (κ1) is 16.0. The van der Waals surface area contributed by atoms with Crippen molar-refractivity contribution in [1.82, 2.24) is 0 Å².